The molecule has 74 valence electrons. The number of hydrogen-bond acceptors (Lipinski definition) is 2. The second-order valence-electron chi connectivity index (χ2n) is 3.33. The first-order valence-corrected chi connectivity index (χ1v) is 5.17. The molecule has 0 aliphatic heterocycles. The highest BCUT2D eigenvalue weighted by atomic mass is 35.5. The first-order chi connectivity index (χ1) is 5.70. The largest absolute Gasteiger partial charge is 0.308 e. The second kappa shape index (κ2) is 7.84. The van der Waals surface area contributed by atoms with Gasteiger partial charge in [-0.3, -0.25) is 0 Å². The Morgan fingerprint density at radius 1 is 1.00 bits per heavy atom. The normalized spacial score (nSPS) is 11.5. The second-order valence-corrected chi connectivity index (χ2v) is 3.71. The van der Waals surface area contributed by atoms with Crippen molar-refractivity contribution in [3.8, 4) is 0 Å². The Kier molecular flexibility index (Phi) is 7.98. The third-order valence-electron chi connectivity index (χ3n) is 1.80. The van der Waals surface area contributed by atoms with Gasteiger partial charge in [0.05, 0.1) is 0 Å². The molecule has 0 radical (unpaired) electrons. The van der Waals surface area contributed by atoms with Crippen LogP contribution in [0, 0.1) is 0 Å². The summed E-state index contributed by atoms with van der Waals surface area (Å²) in [6.07, 6.45) is 1.21. The van der Waals surface area contributed by atoms with Gasteiger partial charge in [0.25, 0.3) is 0 Å². The van der Waals surface area contributed by atoms with Gasteiger partial charge in [-0.1, -0.05) is 6.92 Å². The average Bonchev–Trinajstić information content (AvgIpc) is 2.01. The number of likely N-dealkylation sites (N-methyl/N-ethyl adjacent to an activating group) is 1. The molecule has 12 heavy (non-hydrogen) atoms. The zero-order valence-corrected chi connectivity index (χ0v) is 9.27. The number of rotatable bonds is 7. The standard InChI is InChI=1S/C9H21ClN2/c1-4-6-12(7-5-10)9-8-11(2)3/h4-9H2,1-3H3. The Bertz CT molecular complexity index is 90.5. The van der Waals surface area contributed by atoms with Crippen LogP contribution in [0.4, 0.5) is 0 Å². The zero-order valence-electron chi connectivity index (χ0n) is 8.52. The number of hydrogen-bond donors (Lipinski definition) is 0. The van der Waals surface area contributed by atoms with Crippen LogP contribution in [0.5, 0.6) is 0 Å². The zero-order chi connectivity index (χ0) is 9.40. The fourth-order valence-corrected chi connectivity index (χ4v) is 1.35. The molecule has 0 aliphatic rings. The molecule has 0 saturated heterocycles. The molecule has 0 aliphatic carbocycles. The summed E-state index contributed by atoms with van der Waals surface area (Å²) in [4.78, 5) is 4.61. The third kappa shape index (κ3) is 6.89. The van der Waals surface area contributed by atoms with Gasteiger partial charge in [0.1, 0.15) is 0 Å². The molecule has 0 fully saturated rings. The molecule has 0 aromatic carbocycles. The van der Waals surface area contributed by atoms with Gasteiger partial charge in [-0.25, -0.2) is 0 Å². The van der Waals surface area contributed by atoms with E-state index in [1.165, 1.54) is 13.0 Å². The number of nitrogens with zero attached hydrogens (tertiary/aromatic N) is 2. The SMILES string of the molecule is CCCN(CCCl)CCN(C)C. The molecule has 0 N–H and O–H groups in total. The Morgan fingerprint density at radius 3 is 2.08 bits per heavy atom. The highest BCUT2D eigenvalue weighted by Crippen LogP contribution is 1.92. The molecule has 0 heterocycles. The summed E-state index contributed by atoms with van der Waals surface area (Å²) in [6, 6.07) is 0. The number of alkyl halides is 1. The quantitative estimate of drug-likeness (QED) is 0.565. The van der Waals surface area contributed by atoms with Crippen LogP contribution >= 0.6 is 11.6 Å². The van der Waals surface area contributed by atoms with Gasteiger partial charge in [0, 0.05) is 25.5 Å². The summed E-state index contributed by atoms with van der Waals surface area (Å²) in [5.74, 6) is 0.743. The van der Waals surface area contributed by atoms with Gasteiger partial charge >= 0.3 is 0 Å². The van der Waals surface area contributed by atoms with Crippen molar-refractivity contribution in [3.63, 3.8) is 0 Å². The van der Waals surface area contributed by atoms with Crippen molar-refractivity contribution in [3.05, 3.63) is 0 Å². The van der Waals surface area contributed by atoms with E-state index in [-0.39, 0.29) is 0 Å². The van der Waals surface area contributed by atoms with E-state index < -0.39 is 0 Å². The van der Waals surface area contributed by atoms with Crippen LogP contribution in [0.15, 0.2) is 0 Å². The maximum atomic E-state index is 5.69. The molecule has 0 aromatic heterocycles. The monoisotopic (exact) mass is 192 g/mol. The van der Waals surface area contributed by atoms with Crippen molar-refractivity contribution in [2.24, 2.45) is 0 Å². The van der Waals surface area contributed by atoms with Gasteiger partial charge < -0.3 is 9.80 Å². The molecular weight excluding hydrogens is 172 g/mol. The molecule has 0 amide bonds. The topological polar surface area (TPSA) is 6.48 Å². The van der Waals surface area contributed by atoms with E-state index >= 15 is 0 Å². The van der Waals surface area contributed by atoms with E-state index in [0.29, 0.717) is 0 Å². The van der Waals surface area contributed by atoms with Crippen LogP contribution in [-0.4, -0.2) is 56.0 Å². The molecule has 0 saturated carbocycles. The minimum atomic E-state index is 0.743. The molecule has 0 rings (SSSR count). The fourth-order valence-electron chi connectivity index (χ4n) is 1.11. The molecule has 0 unspecified atom stereocenters. The smallest absolute Gasteiger partial charge is 0.0351 e. The van der Waals surface area contributed by atoms with Gasteiger partial charge in [0.15, 0.2) is 0 Å². The molecule has 0 bridgehead atoms. The third-order valence-corrected chi connectivity index (χ3v) is 1.97. The van der Waals surface area contributed by atoms with E-state index in [2.05, 4.69) is 30.8 Å². The van der Waals surface area contributed by atoms with Crippen LogP contribution in [-0.2, 0) is 0 Å². The van der Waals surface area contributed by atoms with Gasteiger partial charge in [-0.2, -0.15) is 0 Å². The summed E-state index contributed by atoms with van der Waals surface area (Å²) >= 11 is 5.69. The Morgan fingerprint density at radius 2 is 1.67 bits per heavy atom. The highest BCUT2D eigenvalue weighted by Gasteiger charge is 2.02. The van der Waals surface area contributed by atoms with Crippen molar-refractivity contribution >= 4 is 11.6 Å². The predicted molar refractivity (Wildman–Crippen MR) is 56.0 cm³/mol. The first kappa shape index (κ1) is 12.2. The van der Waals surface area contributed by atoms with E-state index in [1.807, 2.05) is 0 Å². The van der Waals surface area contributed by atoms with Gasteiger partial charge in [0.2, 0.25) is 0 Å². The highest BCUT2D eigenvalue weighted by molar-refractivity contribution is 6.18. The van der Waals surface area contributed by atoms with E-state index in [0.717, 1.165) is 25.5 Å². The summed E-state index contributed by atoms with van der Waals surface area (Å²) in [7, 11) is 4.20. The average molecular weight is 193 g/mol. The van der Waals surface area contributed by atoms with Crippen LogP contribution in [0.2, 0.25) is 0 Å². The van der Waals surface area contributed by atoms with Gasteiger partial charge in [-0.15, -0.1) is 11.6 Å². The lowest BCUT2D eigenvalue weighted by molar-refractivity contribution is 0.252. The maximum absolute atomic E-state index is 5.69. The van der Waals surface area contributed by atoms with Crippen LogP contribution in [0.25, 0.3) is 0 Å². The Balaban J connectivity index is 3.48. The summed E-state index contributed by atoms with van der Waals surface area (Å²) < 4.78 is 0. The van der Waals surface area contributed by atoms with Crippen LogP contribution in [0.3, 0.4) is 0 Å². The van der Waals surface area contributed by atoms with Crippen molar-refractivity contribution in [1.29, 1.82) is 0 Å². The number of halogens is 1. The van der Waals surface area contributed by atoms with Gasteiger partial charge in [-0.05, 0) is 27.1 Å². The molecule has 0 spiro atoms. The lowest BCUT2D eigenvalue weighted by Crippen LogP contribution is -2.33. The van der Waals surface area contributed by atoms with E-state index in [4.69, 9.17) is 11.6 Å². The lowest BCUT2D eigenvalue weighted by Gasteiger charge is -2.22. The van der Waals surface area contributed by atoms with E-state index in [1.54, 1.807) is 0 Å². The Hall–Kier alpha value is 0.210. The lowest BCUT2D eigenvalue weighted by atomic mass is 10.4. The van der Waals surface area contributed by atoms with Crippen LogP contribution < -0.4 is 0 Å². The molecule has 3 heteroatoms. The summed E-state index contributed by atoms with van der Waals surface area (Å²) in [5.41, 5.74) is 0. The Labute approximate surface area is 81.5 Å². The van der Waals surface area contributed by atoms with Crippen molar-refractivity contribution in [2.45, 2.75) is 13.3 Å². The van der Waals surface area contributed by atoms with Crippen molar-refractivity contribution < 1.29 is 0 Å². The molecule has 2 nitrogen and oxygen atoms in total. The van der Waals surface area contributed by atoms with E-state index in [9.17, 15) is 0 Å². The molecular formula is C9H21ClN2. The molecule has 0 aromatic rings. The molecule has 0 atom stereocenters. The first-order valence-electron chi connectivity index (χ1n) is 4.63. The van der Waals surface area contributed by atoms with Crippen molar-refractivity contribution in [1.82, 2.24) is 9.80 Å². The fraction of sp³-hybridized carbons (Fsp3) is 1.00. The summed E-state index contributed by atoms with van der Waals surface area (Å²) in [5, 5.41) is 0. The van der Waals surface area contributed by atoms with Crippen LogP contribution in [0.1, 0.15) is 13.3 Å². The minimum Gasteiger partial charge on any atom is -0.308 e. The summed E-state index contributed by atoms with van der Waals surface area (Å²) in [6.45, 7) is 6.64. The maximum Gasteiger partial charge on any atom is 0.0351 e. The predicted octanol–water partition coefficient (Wildman–Crippen LogP) is 1.50. The minimum absolute atomic E-state index is 0.743. The van der Waals surface area contributed by atoms with Crippen molar-refractivity contribution in [2.75, 3.05) is 46.2 Å².